The first kappa shape index (κ1) is 15.5. The Morgan fingerprint density at radius 1 is 1.52 bits per heavy atom. The van der Waals surface area contributed by atoms with E-state index in [4.69, 9.17) is 4.42 Å². The molecule has 1 amide bonds. The number of fused-ring (bicyclic) bond motifs is 1. The van der Waals surface area contributed by atoms with Crippen LogP contribution in [0, 0.1) is 0 Å². The minimum atomic E-state index is -0.276. The molecule has 122 valence electrons. The molecule has 7 nitrogen and oxygen atoms in total. The van der Waals surface area contributed by atoms with E-state index in [1.165, 1.54) is 4.68 Å². The van der Waals surface area contributed by atoms with Crippen LogP contribution < -0.4 is 10.9 Å². The van der Waals surface area contributed by atoms with Crippen molar-refractivity contribution < 1.29 is 9.21 Å². The van der Waals surface area contributed by atoms with E-state index in [1.54, 1.807) is 25.4 Å². The van der Waals surface area contributed by atoms with Crippen LogP contribution in [0.25, 0.3) is 0 Å². The molecule has 1 aliphatic rings. The first-order valence-corrected chi connectivity index (χ1v) is 7.65. The first-order valence-electron chi connectivity index (χ1n) is 7.65. The summed E-state index contributed by atoms with van der Waals surface area (Å²) in [5, 5.41) is 7.16. The Labute approximate surface area is 133 Å². The monoisotopic (exact) mass is 316 g/mol. The summed E-state index contributed by atoms with van der Waals surface area (Å²) in [6, 6.07) is 4.95. The van der Waals surface area contributed by atoms with Gasteiger partial charge in [-0.2, -0.15) is 5.10 Å². The maximum Gasteiger partial charge on any atom is 0.266 e. The van der Waals surface area contributed by atoms with Crippen molar-refractivity contribution in [2.75, 3.05) is 6.54 Å². The number of nitrogens with zero attached hydrogens (tertiary/aromatic N) is 3. The van der Waals surface area contributed by atoms with Gasteiger partial charge in [0.25, 0.3) is 5.56 Å². The second-order valence-corrected chi connectivity index (χ2v) is 5.77. The van der Waals surface area contributed by atoms with Gasteiger partial charge in [-0.25, -0.2) is 4.68 Å². The summed E-state index contributed by atoms with van der Waals surface area (Å²) >= 11 is 0. The molecule has 1 N–H and O–H groups in total. The average Bonchev–Trinajstić information content (AvgIpc) is 3.06. The highest BCUT2D eigenvalue weighted by atomic mass is 16.3. The number of carbonyl (C=O) groups is 1. The molecule has 1 aliphatic heterocycles. The summed E-state index contributed by atoms with van der Waals surface area (Å²) in [6.07, 6.45) is 2.32. The molecule has 7 heteroatoms. The SMILES string of the molecule is C[C@H](C(=O)NCc1ccco1)N1CCc2nn(C)c(=O)cc2C1. The summed E-state index contributed by atoms with van der Waals surface area (Å²) < 4.78 is 6.56. The summed E-state index contributed by atoms with van der Waals surface area (Å²) in [6.45, 7) is 3.56. The van der Waals surface area contributed by atoms with Crippen LogP contribution in [0.4, 0.5) is 0 Å². The largest absolute Gasteiger partial charge is 0.467 e. The molecular formula is C16H20N4O3. The lowest BCUT2D eigenvalue weighted by Crippen LogP contribution is -2.47. The Bertz CT molecular complexity index is 751. The highest BCUT2D eigenvalue weighted by Crippen LogP contribution is 2.17. The molecule has 0 saturated carbocycles. The Hall–Kier alpha value is -2.41. The van der Waals surface area contributed by atoms with E-state index in [0.29, 0.717) is 13.1 Å². The van der Waals surface area contributed by atoms with Crippen molar-refractivity contribution >= 4 is 5.91 Å². The topological polar surface area (TPSA) is 80.4 Å². The fourth-order valence-corrected chi connectivity index (χ4v) is 2.75. The lowest BCUT2D eigenvalue weighted by molar-refractivity contribution is -0.126. The normalized spacial score (nSPS) is 15.9. The van der Waals surface area contributed by atoms with Gasteiger partial charge in [-0.1, -0.05) is 0 Å². The summed E-state index contributed by atoms with van der Waals surface area (Å²) in [5.74, 6) is 0.670. The van der Waals surface area contributed by atoms with Crippen LogP contribution in [0.15, 0.2) is 33.7 Å². The van der Waals surface area contributed by atoms with Crippen LogP contribution in [-0.2, 0) is 31.4 Å². The molecular weight excluding hydrogens is 296 g/mol. The summed E-state index contributed by atoms with van der Waals surface area (Å²) in [5.41, 5.74) is 1.72. The van der Waals surface area contributed by atoms with Crippen molar-refractivity contribution in [3.05, 3.63) is 51.8 Å². The average molecular weight is 316 g/mol. The predicted octanol–water partition coefficient (Wildman–Crippen LogP) is 0.436. The van der Waals surface area contributed by atoms with E-state index in [-0.39, 0.29) is 17.5 Å². The molecule has 2 aromatic rings. The Balaban J connectivity index is 1.64. The van der Waals surface area contributed by atoms with Crippen molar-refractivity contribution in [1.29, 1.82) is 0 Å². The van der Waals surface area contributed by atoms with Crippen LogP contribution in [0.3, 0.4) is 0 Å². The maximum absolute atomic E-state index is 12.3. The molecule has 0 aliphatic carbocycles. The highest BCUT2D eigenvalue weighted by Gasteiger charge is 2.26. The third-order valence-electron chi connectivity index (χ3n) is 4.21. The number of carbonyl (C=O) groups excluding carboxylic acids is 1. The highest BCUT2D eigenvalue weighted by molar-refractivity contribution is 5.81. The first-order chi connectivity index (χ1) is 11.0. The molecule has 0 aromatic carbocycles. The van der Waals surface area contributed by atoms with Gasteiger partial charge < -0.3 is 9.73 Å². The molecule has 3 rings (SSSR count). The zero-order valence-electron chi connectivity index (χ0n) is 13.3. The Kier molecular flexibility index (Phi) is 4.29. The van der Waals surface area contributed by atoms with Crippen LogP contribution >= 0.6 is 0 Å². The standard InChI is InChI=1S/C16H20N4O3/c1-11(16(22)17-9-13-4-3-7-23-13)20-6-5-14-12(10-20)8-15(21)19(2)18-14/h3-4,7-8,11H,5-6,9-10H2,1-2H3,(H,17,22)/t11-/m1/s1. The van der Waals surface area contributed by atoms with Crippen molar-refractivity contribution in [2.45, 2.75) is 32.5 Å². The number of nitrogens with one attached hydrogen (secondary N) is 1. The number of aryl methyl sites for hydroxylation is 1. The Morgan fingerprint density at radius 2 is 2.35 bits per heavy atom. The van der Waals surface area contributed by atoms with Crippen molar-refractivity contribution in [1.82, 2.24) is 20.0 Å². The molecule has 0 unspecified atom stereocenters. The van der Waals surface area contributed by atoms with Crippen molar-refractivity contribution in [3.63, 3.8) is 0 Å². The Morgan fingerprint density at radius 3 is 3.09 bits per heavy atom. The maximum atomic E-state index is 12.3. The van der Waals surface area contributed by atoms with Gasteiger partial charge in [-0.05, 0) is 24.6 Å². The molecule has 2 aromatic heterocycles. The number of rotatable bonds is 4. The van der Waals surface area contributed by atoms with E-state index in [0.717, 1.165) is 30.0 Å². The van der Waals surface area contributed by atoms with Gasteiger partial charge in [-0.3, -0.25) is 14.5 Å². The van der Waals surface area contributed by atoms with Crippen LogP contribution in [0.2, 0.25) is 0 Å². The van der Waals surface area contributed by atoms with Crippen LogP contribution in [0.5, 0.6) is 0 Å². The predicted molar refractivity (Wildman–Crippen MR) is 83.6 cm³/mol. The fraction of sp³-hybridized carbons (Fsp3) is 0.438. The summed E-state index contributed by atoms with van der Waals surface area (Å²) in [7, 11) is 1.65. The molecule has 3 heterocycles. The zero-order valence-corrected chi connectivity index (χ0v) is 13.3. The van der Waals surface area contributed by atoms with E-state index in [1.807, 2.05) is 13.0 Å². The fourth-order valence-electron chi connectivity index (χ4n) is 2.75. The molecule has 0 bridgehead atoms. The molecule has 1 atom stereocenters. The zero-order chi connectivity index (χ0) is 16.4. The van der Waals surface area contributed by atoms with Gasteiger partial charge in [0.1, 0.15) is 5.76 Å². The quantitative estimate of drug-likeness (QED) is 0.885. The number of hydrogen-bond acceptors (Lipinski definition) is 5. The third-order valence-corrected chi connectivity index (χ3v) is 4.21. The number of aromatic nitrogens is 2. The van der Waals surface area contributed by atoms with E-state index in [2.05, 4.69) is 15.3 Å². The second kappa shape index (κ2) is 6.37. The van der Waals surface area contributed by atoms with Gasteiger partial charge in [0.2, 0.25) is 5.91 Å². The van der Waals surface area contributed by atoms with Gasteiger partial charge in [0, 0.05) is 32.6 Å². The molecule has 0 fully saturated rings. The summed E-state index contributed by atoms with van der Waals surface area (Å²) in [4.78, 5) is 26.1. The molecule has 23 heavy (non-hydrogen) atoms. The van der Waals surface area contributed by atoms with E-state index in [9.17, 15) is 9.59 Å². The van der Waals surface area contributed by atoms with Gasteiger partial charge in [0.15, 0.2) is 0 Å². The second-order valence-electron chi connectivity index (χ2n) is 5.77. The van der Waals surface area contributed by atoms with Crippen molar-refractivity contribution in [3.8, 4) is 0 Å². The molecule has 0 spiro atoms. The van der Waals surface area contributed by atoms with Crippen LogP contribution in [0.1, 0.15) is 23.9 Å². The minimum Gasteiger partial charge on any atom is -0.467 e. The molecule has 0 saturated heterocycles. The number of furan rings is 1. The van der Waals surface area contributed by atoms with Crippen LogP contribution in [-0.4, -0.2) is 33.2 Å². The molecule has 0 radical (unpaired) electrons. The lowest BCUT2D eigenvalue weighted by atomic mass is 10.0. The van der Waals surface area contributed by atoms with E-state index < -0.39 is 0 Å². The van der Waals surface area contributed by atoms with Crippen molar-refractivity contribution in [2.24, 2.45) is 7.05 Å². The minimum absolute atomic E-state index is 0.0540. The number of amides is 1. The van der Waals surface area contributed by atoms with Gasteiger partial charge >= 0.3 is 0 Å². The van der Waals surface area contributed by atoms with Gasteiger partial charge in [-0.15, -0.1) is 0 Å². The lowest BCUT2D eigenvalue weighted by Gasteiger charge is -2.32. The van der Waals surface area contributed by atoms with E-state index >= 15 is 0 Å². The number of hydrogen-bond donors (Lipinski definition) is 1. The van der Waals surface area contributed by atoms with Gasteiger partial charge in [0.05, 0.1) is 24.5 Å². The third kappa shape index (κ3) is 3.34. The smallest absolute Gasteiger partial charge is 0.266 e.